The molecule has 0 spiro atoms. The van der Waals surface area contributed by atoms with Crippen molar-refractivity contribution >= 4 is 34.5 Å². The first-order chi connectivity index (χ1) is 13.0. The number of anilines is 2. The molecule has 2 aromatic heterocycles. The Kier molecular flexibility index (Phi) is 5.87. The minimum absolute atomic E-state index is 0.156. The highest BCUT2D eigenvalue weighted by atomic mass is 32.1. The van der Waals surface area contributed by atoms with E-state index in [-0.39, 0.29) is 12.6 Å². The maximum atomic E-state index is 12.2. The molecule has 1 unspecified atom stereocenters. The van der Waals surface area contributed by atoms with Crippen LogP contribution >= 0.6 is 11.3 Å². The Hall–Kier alpha value is -3.13. The number of rotatable bonds is 6. The van der Waals surface area contributed by atoms with E-state index in [2.05, 4.69) is 15.7 Å². The Morgan fingerprint density at radius 2 is 1.93 bits per heavy atom. The third-order valence-corrected chi connectivity index (χ3v) is 4.99. The molecule has 2 N–H and O–H groups in total. The molecule has 1 atom stereocenters. The Bertz CT molecular complexity index is 839. The summed E-state index contributed by atoms with van der Waals surface area (Å²) >= 11 is 1.58. The molecular formula is C19H21N5O2S. The van der Waals surface area contributed by atoms with Crippen LogP contribution in [0.4, 0.5) is 11.4 Å². The van der Waals surface area contributed by atoms with E-state index in [0.29, 0.717) is 5.69 Å². The van der Waals surface area contributed by atoms with Crippen molar-refractivity contribution in [1.82, 2.24) is 15.1 Å². The molecule has 0 saturated carbocycles. The van der Waals surface area contributed by atoms with Crippen LogP contribution in [0, 0.1) is 0 Å². The van der Waals surface area contributed by atoms with E-state index in [1.165, 1.54) is 0 Å². The fraction of sp³-hybridized carbons (Fsp3) is 0.211. The van der Waals surface area contributed by atoms with Crippen molar-refractivity contribution in [2.45, 2.75) is 6.04 Å². The van der Waals surface area contributed by atoms with Gasteiger partial charge in [0.05, 0.1) is 0 Å². The van der Waals surface area contributed by atoms with Crippen LogP contribution in [0.25, 0.3) is 0 Å². The van der Waals surface area contributed by atoms with Crippen molar-refractivity contribution < 1.29 is 9.59 Å². The number of aromatic nitrogens is 2. The number of nitrogens with one attached hydrogen (secondary N) is 2. The third kappa shape index (κ3) is 4.73. The minimum Gasteiger partial charge on any atom is -0.378 e. The Balaban J connectivity index is 1.59. The second kappa shape index (κ2) is 8.50. The molecule has 2 amide bonds. The number of nitrogens with zero attached hydrogens (tertiary/aromatic N) is 3. The summed E-state index contributed by atoms with van der Waals surface area (Å²) in [7, 11) is 3.87. The minimum atomic E-state index is -0.696. The van der Waals surface area contributed by atoms with Gasteiger partial charge >= 0.3 is 11.8 Å². The van der Waals surface area contributed by atoms with Crippen LogP contribution in [-0.4, -0.2) is 42.2 Å². The molecule has 140 valence electrons. The van der Waals surface area contributed by atoms with Gasteiger partial charge in [-0.3, -0.25) is 14.3 Å². The van der Waals surface area contributed by atoms with Gasteiger partial charge in [0.25, 0.3) is 0 Å². The van der Waals surface area contributed by atoms with Crippen molar-refractivity contribution in [2.75, 3.05) is 30.9 Å². The maximum Gasteiger partial charge on any atom is 0.313 e. The number of hydrogen-bond donors (Lipinski definition) is 2. The van der Waals surface area contributed by atoms with Crippen LogP contribution in [0.3, 0.4) is 0 Å². The highest BCUT2D eigenvalue weighted by Crippen LogP contribution is 2.22. The largest absolute Gasteiger partial charge is 0.378 e. The number of thiophene rings is 1. The second-order valence-corrected chi connectivity index (χ2v) is 7.10. The van der Waals surface area contributed by atoms with Crippen LogP contribution in [-0.2, 0) is 9.59 Å². The summed E-state index contributed by atoms with van der Waals surface area (Å²) in [4.78, 5) is 27.4. The van der Waals surface area contributed by atoms with E-state index in [9.17, 15) is 9.59 Å². The summed E-state index contributed by atoms with van der Waals surface area (Å²) < 4.78 is 1.77. The van der Waals surface area contributed by atoms with Gasteiger partial charge in [0.2, 0.25) is 0 Å². The molecule has 0 bridgehead atoms. The third-order valence-electron chi connectivity index (χ3n) is 4.02. The fourth-order valence-electron chi connectivity index (χ4n) is 2.57. The SMILES string of the molecule is CN(C)c1ccc(NC(=O)C(=O)NCC(c2cccs2)n2cccn2)cc1. The Morgan fingerprint density at radius 1 is 1.15 bits per heavy atom. The number of carbonyl (C=O) groups excluding carboxylic acids is 2. The van der Waals surface area contributed by atoms with E-state index in [4.69, 9.17) is 0 Å². The average molecular weight is 383 g/mol. The van der Waals surface area contributed by atoms with E-state index in [1.54, 1.807) is 34.3 Å². The van der Waals surface area contributed by atoms with Gasteiger partial charge in [-0.15, -0.1) is 11.3 Å². The lowest BCUT2D eigenvalue weighted by Crippen LogP contribution is -2.38. The number of carbonyl (C=O) groups is 2. The monoisotopic (exact) mass is 383 g/mol. The van der Waals surface area contributed by atoms with E-state index in [1.807, 2.05) is 60.9 Å². The molecule has 7 nitrogen and oxygen atoms in total. The highest BCUT2D eigenvalue weighted by Gasteiger charge is 2.19. The Labute approximate surface area is 161 Å². The molecule has 3 rings (SSSR count). The van der Waals surface area contributed by atoms with Crippen molar-refractivity contribution in [3.8, 4) is 0 Å². The summed E-state index contributed by atoms with van der Waals surface area (Å²) in [5, 5.41) is 11.5. The molecular weight excluding hydrogens is 362 g/mol. The quantitative estimate of drug-likeness (QED) is 0.641. The number of benzene rings is 1. The summed E-state index contributed by atoms with van der Waals surface area (Å²) in [6.07, 6.45) is 3.52. The molecule has 0 aliphatic rings. The highest BCUT2D eigenvalue weighted by molar-refractivity contribution is 7.10. The standard InChI is InChI=1S/C19H21N5O2S/c1-23(2)15-8-6-14(7-9-15)22-19(26)18(25)20-13-16(17-5-3-12-27-17)24-11-4-10-21-24/h3-12,16H,13H2,1-2H3,(H,20,25)(H,22,26). The average Bonchev–Trinajstić information content (AvgIpc) is 3.36. The molecule has 27 heavy (non-hydrogen) atoms. The van der Waals surface area contributed by atoms with Crippen molar-refractivity contribution in [3.05, 3.63) is 65.1 Å². The molecule has 3 aromatic rings. The normalized spacial score (nSPS) is 11.6. The molecule has 2 heterocycles. The predicted octanol–water partition coefficient (Wildman–Crippen LogP) is 2.35. The van der Waals surface area contributed by atoms with Crippen molar-refractivity contribution in [2.24, 2.45) is 0 Å². The fourth-order valence-corrected chi connectivity index (χ4v) is 3.39. The maximum absolute atomic E-state index is 12.2. The first kappa shape index (κ1) is 18.7. The first-order valence-corrected chi connectivity index (χ1v) is 9.31. The molecule has 0 fully saturated rings. The number of hydrogen-bond acceptors (Lipinski definition) is 5. The van der Waals surface area contributed by atoms with Gasteiger partial charge in [0, 0.05) is 49.3 Å². The zero-order valence-corrected chi connectivity index (χ0v) is 15.9. The molecule has 1 aromatic carbocycles. The molecule has 0 aliphatic heterocycles. The van der Waals surface area contributed by atoms with E-state index >= 15 is 0 Å². The summed E-state index contributed by atoms with van der Waals surface area (Å²) in [5.74, 6) is -1.38. The van der Waals surface area contributed by atoms with Crippen molar-refractivity contribution in [1.29, 1.82) is 0 Å². The zero-order chi connectivity index (χ0) is 19.2. The smallest absolute Gasteiger partial charge is 0.313 e. The molecule has 8 heteroatoms. The topological polar surface area (TPSA) is 79.3 Å². The Morgan fingerprint density at radius 3 is 2.52 bits per heavy atom. The predicted molar refractivity (Wildman–Crippen MR) is 107 cm³/mol. The summed E-state index contributed by atoms with van der Waals surface area (Å²) in [6, 6.07) is 12.9. The summed E-state index contributed by atoms with van der Waals surface area (Å²) in [6.45, 7) is 0.272. The van der Waals surface area contributed by atoms with Gasteiger partial charge in [-0.1, -0.05) is 6.07 Å². The van der Waals surface area contributed by atoms with Gasteiger partial charge in [0.15, 0.2) is 0 Å². The second-order valence-electron chi connectivity index (χ2n) is 6.12. The van der Waals surface area contributed by atoms with Gasteiger partial charge < -0.3 is 15.5 Å². The lowest BCUT2D eigenvalue weighted by atomic mass is 10.2. The lowest BCUT2D eigenvalue weighted by molar-refractivity contribution is -0.136. The first-order valence-electron chi connectivity index (χ1n) is 8.43. The van der Waals surface area contributed by atoms with Gasteiger partial charge in [-0.25, -0.2) is 0 Å². The van der Waals surface area contributed by atoms with Crippen LogP contribution < -0.4 is 15.5 Å². The van der Waals surface area contributed by atoms with Crippen LogP contribution in [0.5, 0.6) is 0 Å². The van der Waals surface area contributed by atoms with Gasteiger partial charge in [-0.2, -0.15) is 5.10 Å². The summed E-state index contributed by atoms with van der Waals surface area (Å²) in [5.41, 5.74) is 1.58. The zero-order valence-electron chi connectivity index (χ0n) is 15.1. The van der Waals surface area contributed by atoms with Gasteiger partial charge in [-0.05, 0) is 41.8 Å². The molecule has 0 radical (unpaired) electrons. The van der Waals surface area contributed by atoms with Crippen LogP contribution in [0.15, 0.2) is 60.2 Å². The van der Waals surface area contributed by atoms with Crippen LogP contribution in [0.1, 0.15) is 10.9 Å². The van der Waals surface area contributed by atoms with Gasteiger partial charge in [0.1, 0.15) is 6.04 Å². The van der Waals surface area contributed by atoms with Crippen molar-refractivity contribution in [3.63, 3.8) is 0 Å². The van der Waals surface area contributed by atoms with E-state index in [0.717, 1.165) is 10.6 Å². The number of amides is 2. The lowest BCUT2D eigenvalue weighted by Gasteiger charge is -2.17. The molecule has 0 aliphatic carbocycles. The van der Waals surface area contributed by atoms with E-state index < -0.39 is 11.8 Å². The van der Waals surface area contributed by atoms with Crippen LogP contribution in [0.2, 0.25) is 0 Å². The molecule has 0 saturated heterocycles.